The third kappa shape index (κ3) is 3.06. The van der Waals surface area contributed by atoms with Crippen LogP contribution in [0.15, 0.2) is 42.5 Å². The van der Waals surface area contributed by atoms with Gasteiger partial charge in [0.2, 0.25) is 5.91 Å². The van der Waals surface area contributed by atoms with E-state index >= 15 is 0 Å². The average Bonchev–Trinajstić information content (AvgIpc) is 3.17. The molecule has 2 aliphatic rings. The third-order valence-corrected chi connectivity index (χ3v) is 5.02. The SMILES string of the molecule is C[C@](C#N)(CCc1ccccc1)NC(=O)[C@H]1C[C@H]2C=C[C@H]1C2. The lowest BCUT2D eigenvalue weighted by Crippen LogP contribution is -2.48. The quantitative estimate of drug-likeness (QED) is 0.848. The summed E-state index contributed by atoms with van der Waals surface area (Å²) >= 11 is 0. The van der Waals surface area contributed by atoms with Gasteiger partial charge < -0.3 is 5.32 Å². The molecule has 2 bridgehead atoms. The minimum atomic E-state index is -0.793. The highest BCUT2D eigenvalue weighted by atomic mass is 16.2. The van der Waals surface area contributed by atoms with Crippen LogP contribution in [0.4, 0.5) is 0 Å². The number of allylic oxidation sites excluding steroid dienone is 2. The van der Waals surface area contributed by atoms with Gasteiger partial charge in [-0.25, -0.2) is 0 Å². The van der Waals surface area contributed by atoms with Gasteiger partial charge in [-0.1, -0.05) is 42.5 Å². The highest BCUT2D eigenvalue weighted by Gasteiger charge is 2.41. The Morgan fingerprint density at radius 3 is 2.68 bits per heavy atom. The number of benzene rings is 1. The molecule has 0 heterocycles. The number of nitriles is 1. The molecule has 3 nitrogen and oxygen atoms in total. The molecule has 114 valence electrons. The zero-order valence-electron chi connectivity index (χ0n) is 13.0. The number of amides is 1. The van der Waals surface area contributed by atoms with E-state index in [0.29, 0.717) is 18.3 Å². The first kappa shape index (κ1) is 14.8. The van der Waals surface area contributed by atoms with Crippen LogP contribution < -0.4 is 5.32 Å². The molecule has 2 aliphatic carbocycles. The Hall–Kier alpha value is -2.08. The number of carbonyl (C=O) groups excluding carboxylic acids is 1. The van der Waals surface area contributed by atoms with Gasteiger partial charge in [0.05, 0.1) is 6.07 Å². The van der Waals surface area contributed by atoms with Gasteiger partial charge in [-0.2, -0.15) is 5.26 Å². The van der Waals surface area contributed by atoms with Gasteiger partial charge in [-0.05, 0) is 50.0 Å². The molecule has 0 aliphatic heterocycles. The largest absolute Gasteiger partial charge is 0.338 e. The molecule has 3 rings (SSSR count). The lowest BCUT2D eigenvalue weighted by atomic mass is 9.89. The Balaban J connectivity index is 1.59. The van der Waals surface area contributed by atoms with Crippen LogP contribution in [0.3, 0.4) is 0 Å². The van der Waals surface area contributed by atoms with Crippen molar-refractivity contribution in [1.29, 1.82) is 5.26 Å². The Morgan fingerprint density at radius 2 is 2.09 bits per heavy atom. The van der Waals surface area contributed by atoms with Crippen molar-refractivity contribution in [3.8, 4) is 6.07 Å². The maximum absolute atomic E-state index is 12.5. The van der Waals surface area contributed by atoms with E-state index in [1.807, 2.05) is 25.1 Å². The van der Waals surface area contributed by atoms with E-state index in [-0.39, 0.29) is 11.8 Å². The molecule has 4 atom stereocenters. The molecular formula is C19H22N2O. The van der Waals surface area contributed by atoms with E-state index in [0.717, 1.165) is 19.3 Å². The lowest BCUT2D eigenvalue weighted by molar-refractivity contribution is -0.127. The number of hydrogen-bond donors (Lipinski definition) is 1. The highest BCUT2D eigenvalue weighted by Crippen LogP contribution is 2.43. The van der Waals surface area contributed by atoms with E-state index in [4.69, 9.17) is 0 Å². The monoisotopic (exact) mass is 294 g/mol. The molecule has 0 spiro atoms. The van der Waals surface area contributed by atoms with E-state index in [9.17, 15) is 10.1 Å². The van der Waals surface area contributed by atoms with Crippen LogP contribution in [-0.4, -0.2) is 11.4 Å². The van der Waals surface area contributed by atoms with Crippen molar-refractivity contribution in [1.82, 2.24) is 5.32 Å². The van der Waals surface area contributed by atoms with Crippen LogP contribution >= 0.6 is 0 Å². The van der Waals surface area contributed by atoms with Crippen LogP contribution in [-0.2, 0) is 11.2 Å². The summed E-state index contributed by atoms with van der Waals surface area (Å²) < 4.78 is 0. The highest BCUT2D eigenvalue weighted by molar-refractivity contribution is 5.81. The van der Waals surface area contributed by atoms with Gasteiger partial charge >= 0.3 is 0 Å². The summed E-state index contributed by atoms with van der Waals surface area (Å²) in [6, 6.07) is 12.4. The van der Waals surface area contributed by atoms with E-state index in [2.05, 4.69) is 35.7 Å². The topological polar surface area (TPSA) is 52.9 Å². The Labute approximate surface area is 132 Å². The normalized spacial score (nSPS) is 28.1. The number of nitrogens with one attached hydrogen (secondary N) is 1. The Morgan fingerprint density at radius 1 is 1.32 bits per heavy atom. The number of rotatable bonds is 5. The fraction of sp³-hybridized carbons (Fsp3) is 0.474. The smallest absolute Gasteiger partial charge is 0.224 e. The molecule has 0 saturated heterocycles. The Kier molecular flexibility index (Phi) is 4.02. The molecule has 1 aromatic rings. The average molecular weight is 294 g/mol. The number of aryl methyl sites for hydroxylation is 1. The van der Waals surface area contributed by atoms with Gasteiger partial charge in [0.15, 0.2) is 0 Å². The minimum absolute atomic E-state index is 0.0500. The van der Waals surface area contributed by atoms with Crippen LogP contribution in [0, 0.1) is 29.1 Å². The third-order valence-electron chi connectivity index (χ3n) is 5.02. The molecule has 3 heteroatoms. The predicted octanol–water partition coefficient (Wildman–Crippen LogP) is 3.23. The molecule has 1 amide bonds. The van der Waals surface area contributed by atoms with Crippen molar-refractivity contribution in [3.63, 3.8) is 0 Å². The van der Waals surface area contributed by atoms with Crippen molar-refractivity contribution < 1.29 is 4.79 Å². The first-order valence-electron chi connectivity index (χ1n) is 8.05. The second-order valence-corrected chi connectivity index (χ2v) is 6.81. The van der Waals surface area contributed by atoms with Gasteiger partial charge in [0.1, 0.15) is 5.54 Å². The second kappa shape index (κ2) is 5.96. The minimum Gasteiger partial charge on any atom is -0.338 e. The molecule has 0 unspecified atom stereocenters. The van der Waals surface area contributed by atoms with E-state index in [1.165, 1.54) is 5.56 Å². The van der Waals surface area contributed by atoms with Crippen LogP contribution in [0.5, 0.6) is 0 Å². The number of fused-ring (bicyclic) bond motifs is 2. The fourth-order valence-corrected chi connectivity index (χ4v) is 3.63. The molecule has 1 fully saturated rings. The summed E-state index contributed by atoms with van der Waals surface area (Å²) in [4.78, 5) is 12.5. The van der Waals surface area contributed by atoms with Crippen molar-refractivity contribution in [2.75, 3.05) is 0 Å². The van der Waals surface area contributed by atoms with Crippen LogP contribution in [0.2, 0.25) is 0 Å². The molecule has 22 heavy (non-hydrogen) atoms. The summed E-state index contributed by atoms with van der Waals surface area (Å²) in [5.74, 6) is 1.05. The summed E-state index contributed by atoms with van der Waals surface area (Å²) in [5, 5.41) is 12.5. The first-order valence-corrected chi connectivity index (χ1v) is 8.05. The van der Waals surface area contributed by atoms with Crippen molar-refractivity contribution in [3.05, 3.63) is 48.0 Å². The van der Waals surface area contributed by atoms with Crippen molar-refractivity contribution in [2.45, 2.75) is 38.1 Å². The molecule has 1 aromatic carbocycles. The zero-order valence-corrected chi connectivity index (χ0v) is 13.0. The molecule has 1 N–H and O–H groups in total. The standard InChI is InChI=1S/C19H22N2O/c1-19(13-20,10-9-14-5-3-2-4-6-14)21-18(22)17-12-15-7-8-16(17)11-15/h2-8,15-17H,9-12H2,1H3,(H,21,22)/t15-,16-,17-,19+/m0/s1. The zero-order chi connectivity index (χ0) is 15.6. The maximum atomic E-state index is 12.5. The number of carbonyl (C=O) groups is 1. The Bertz CT molecular complexity index is 616. The van der Waals surface area contributed by atoms with Gasteiger partial charge in [-0.15, -0.1) is 0 Å². The van der Waals surface area contributed by atoms with Crippen LogP contribution in [0.25, 0.3) is 0 Å². The molecule has 0 aromatic heterocycles. The second-order valence-electron chi connectivity index (χ2n) is 6.81. The van der Waals surface area contributed by atoms with E-state index in [1.54, 1.807) is 0 Å². The summed E-state index contributed by atoms with van der Waals surface area (Å²) in [6.45, 7) is 1.83. The molecule has 0 radical (unpaired) electrons. The van der Waals surface area contributed by atoms with E-state index < -0.39 is 5.54 Å². The van der Waals surface area contributed by atoms with Crippen LogP contribution in [0.1, 0.15) is 31.7 Å². The summed E-state index contributed by atoms with van der Waals surface area (Å²) in [5.41, 5.74) is 0.402. The van der Waals surface area contributed by atoms with Crippen molar-refractivity contribution in [2.24, 2.45) is 17.8 Å². The van der Waals surface area contributed by atoms with Gasteiger partial charge in [0.25, 0.3) is 0 Å². The molecule has 1 saturated carbocycles. The molecular weight excluding hydrogens is 272 g/mol. The number of hydrogen-bond acceptors (Lipinski definition) is 2. The lowest BCUT2D eigenvalue weighted by Gasteiger charge is -2.27. The summed E-state index contributed by atoms with van der Waals surface area (Å²) in [6.07, 6.45) is 7.87. The van der Waals surface area contributed by atoms with Gasteiger partial charge in [0, 0.05) is 5.92 Å². The fourth-order valence-electron chi connectivity index (χ4n) is 3.63. The first-order chi connectivity index (χ1) is 10.6. The maximum Gasteiger partial charge on any atom is 0.224 e. The predicted molar refractivity (Wildman–Crippen MR) is 85.8 cm³/mol. The number of nitrogens with zero attached hydrogens (tertiary/aromatic N) is 1. The van der Waals surface area contributed by atoms with Gasteiger partial charge in [-0.3, -0.25) is 4.79 Å². The summed E-state index contributed by atoms with van der Waals surface area (Å²) in [7, 11) is 0. The van der Waals surface area contributed by atoms with Crippen molar-refractivity contribution >= 4 is 5.91 Å².